The monoisotopic (exact) mass is 525 g/mol. The summed E-state index contributed by atoms with van der Waals surface area (Å²) in [7, 11) is 0. The highest BCUT2D eigenvalue weighted by Crippen LogP contribution is 2.33. The molecule has 3 aromatic rings. The van der Waals surface area contributed by atoms with E-state index < -0.39 is 47.4 Å². The van der Waals surface area contributed by atoms with Crippen molar-refractivity contribution in [1.29, 1.82) is 0 Å². The second-order valence-corrected chi connectivity index (χ2v) is 10.5. The Balaban J connectivity index is 1.29. The van der Waals surface area contributed by atoms with Gasteiger partial charge < -0.3 is 10.6 Å². The molecule has 1 aliphatic heterocycles. The van der Waals surface area contributed by atoms with E-state index in [0.29, 0.717) is 12.8 Å². The molecule has 1 heterocycles. The average Bonchev–Trinajstić information content (AvgIpc) is 3.15. The third kappa shape index (κ3) is 5.74. The molecule has 3 N–H and O–H groups in total. The quantitative estimate of drug-likeness (QED) is 0.324. The number of rotatable bonds is 7. The standard InChI is InChI=1S/C31H31N3O5/c1-18-11-14-23-27(31(39)34-30(23)38)29(37)28(18)33-26(36)17-24(21-8-3-2-4-9-21)32-25(35)16-19-12-13-20-7-5-6-10-22(20)15-19/h2-10,12-13,15,18,23-24,27-28H,11,14,16-17H2,1H3,(H,32,35)(H,33,36)(H,34,38,39)/t18?,23-,24-,27+,28-/m0/s1. The molecule has 39 heavy (non-hydrogen) atoms. The maximum Gasteiger partial charge on any atom is 0.238 e. The molecule has 0 spiro atoms. The third-order valence-corrected chi connectivity index (χ3v) is 7.80. The molecule has 0 radical (unpaired) electrons. The zero-order valence-corrected chi connectivity index (χ0v) is 21.7. The van der Waals surface area contributed by atoms with Crippen LogP contribution in [0.15, 0.2) is 72.8 Å². The van der Waals surface area contributed by atoms with E-state index in [4.69, 9.17) is 0 Å². The second-order valence-electron chi connectivity index (χ2n) is 10.5. The SMILES string of the molecule is CC1CC[C@@H]2C(=O)NC(=O)[C@H]2C(=O)[C@H]1NC(=O)C[C@H](NC(=O)Cc1ccc2ccccc2c1)c1ccccc1. The fourth-order valence-corrected chi connectivity index (χ4v) is 5.68. The molecular formula is C31H31N3O5. The Bertz CT molecular complexity index is 1440. The van der Waals surface area contributed by atoms with Gasteiger partial charge in [0.2, 0.25) is 23.6 Å². The normalized spacial score (nSPS) is 23.5. The molecule has 2 aliphatic rings. The van der Waals surface area contributed by atoms with Crippen LogP contribution in [0.4, 0.5) is 0 Å². The van der Waals surface area contributed by atoms with E-state index in [0.717, 1.165) is 21.9 Å². The molecule has 1 aliphatic carbocycles. The highest BCUT2D eigenvalue weighted by Gasteiger charge is 2.50. The predicted molar refractivity (Wildman–Crippen MR) is 145 cm³/mol. The number of hydrogen-bond acceptors (Lipinski definition) is 5. The molecule has 1 saturated carbocycles. The minimum Gasteiger partial charge on any atom is -0.348 e. The van der Waals surface area contributed by atoms with Crippen LogP contribution in [-0.2, 0) is 30.4 Å². The van der Waals surface area contributed by atoms with Crippen molar-refractivity contribution in [2.24, 2.45) is 17.8 Å². The average molecular weight is 526 g/mol. The van der Waals surface area contributed by atoms with Crippen molar-refractivity contribution < 1.29 is 24.0 Å². The van der Waals surface area contributed by atoms with E-state index in [2.05, 4.69) is 16.0 Å². The van der Waals surface area contributed by atoms with Crippen molar-refractivity contribution in [3.05, 3.63) is 83.9 Å². The topological polar surface area (TPSA) is 121 Å². The first kappa shape index (κ1) is 26.3. The fourth-order valence-electron chi connectivity index (χ4n) is 5.68. The molecule has 8 nitrogen and oxygen atoms in total. The Morgan fingerprint density at radius 2 is 1.59 bits per heavy atom. The maximum atomic E-state index is 13.3. The number of Topliss-reactive ketones (excluding diaryl/α,β-unsaturated/α-hetero) is 1. The summed E-state index contributed by atoms with van der Waals surface area (Å²) in [5.41, 5.74) is 1.62. The lowest BCUT2D eigenvalue weighted by Gasteiger charge is -2.25. The van der Waals surface area contributed by atoms with Gasteiger partial charge in [0, 0.05) is 0 Å². The number of benzene rings is 3. The van der Waals surface area contributed by atoms with Crippen LogP contribution >= 0.6 is 0 Å². The highest BCUT2D eigenvalue weighted by atomic mass is 16.2. The van der Waals surface area contributed by atoms with Gasteiger partial charge in [0.25, 0.3) is 0 Å². The van der Waals surface area contributed by atoms with E-state index in [9.17, 15) is 24.0 Å². The van der Waals surface area contributed by atoms with Crippen LogP contribution in [0.3, 0.4) is 0 Å². The molecule has 1 saturated heterocycles. The van der Waals surface area contributed by atoms with Crippen molar-refractivity contribution in [2.75, 3.05) is 0 Å². The predicted octanol–water partition coefficient (Wildman–Crippen LogP) is 3.00. The number of ketones is 1. The Kier molecular flexibility index (Phi) is 7.54. The summed E-state index contributed by atoms with van der Waals surface area (Å²) in [5.74, 6) is -4.07. The summed E-state index contributed by atoms with van der Waals surface area (Å²) in [6.45, 7) is 1.84. The number of hydrogen-bond donors (Lipinski definition) is 3. The number of imide groups is 1. The van der Waals surface area contributed by atoms with Gasteiger partial charge in [-0.2, -0.15) is 0 Å². The maximum absolute atomic E-state index is 13.3. The first-order valence-electron chi connectivity index (χ1n) is 13.3. The summed E-state index contributed by atoms with van der Waals surface area (Å²) >= 11 is 0. The van der Waals surface area contributed by atoms with Crippen LogP contribution in [0, 0.1) is 17.8 Å². The molecular weight excluding hydrogens is 494 g/mol. The largest absolute Gasteiger partial charge is 0.348 e. The first-order chi connectivity index (χ1) is 18.8. The van der Waals surface area contributed by atoms with Gasteiger partial charge in [0.15, 0.2) is 5.78 Å². The lowest BCUT2D eigenvalue weighted by molar-refractivity contribution is -0.137. The van der Waals surface area contributed by atoms with Gasteiger partial charge in [-0.05, 0) is 40.7 Å². The zero-order chi connectivity index (χ0) is 27.5. The van der Waals surface area contributed by atoms with Crippen LogP contribution < -0.4 is 16.0 Å². The summed E-state index contributed by atoms with van der Waals surface area (Å²) in [6.07, 6.45) is 1.02. The highest BCUT2D eigenvalue weighted by molar-refractivity contribution is 6.17. The van der Waals surface area contributed by atoms with Crippen LogP contribution in [0.25, 0.3) is 10.8 Å². The summed E-state index contributed by atoms with van der Waals surface area (Å²) < 4.78 is 0. The minimum atomic E-state index is -1.07. The lowest BCUT2D eigenvalue weighted by atomic mass is 9.88. The van der Waals surface area contributed by atoms with Gasteiger partial charge in [-0.25, -0.2) is 0 Å². The van der Waals surface area contributed by atoms with Crippen LogP contribution in [0.5, 0.6) is 0 Å². The van der Waals surface area contributed by atoms with E-state index in [1.54, 1.807) is 0 Å². The summed E-state index contributed by atoms with van der Waals surface area (Å²) in [5, 5.41) is 10.2. The van der Waals surface area contributed by atoms with E-state index in [1.807, 2.05) is 79.7 Å². The van der Waals surface area contributed by atoms with Gasteiger partial charge in [0.1, 0.15) is 5.92 Å². The molecule has 1 unspecified atom stereocenters. The molecule has 0 aromatic heterocycles. The minimum absolute atomic E-state index is 0.0802. The number of fused-ring (bicyclic) bond motifs is 2. The van der Waals surface area contributed by atoms with Gasteiger partial charge >= 0.3 is 0 Å². The van der Waals surface area contributed by atoms with E-state index in [-0.39, 0.29) is 24.7 Å². The van der Waals surface area contributed by atoms with E-state index >= 15 is 0 Å². The molecule has 4 amide bonds. The van der Waals surface area contributed by atoms with Crippen LogP contribution in [0.2, 0.25) is 0 Å². The summed E-state index contributed by atoms with van der Waals surface area (Å²) in [4.78, 5) is 64.0. The van der Waals surface area contributed by atoms with E-state index in [1.165, 1.54) is 0 Å². The van der Waals surface area contributed by atoms with Crippen molar-refractivity contribution >= 4 is 40.2 Å². The molecule has 0 bridgehead atoms. The van der Waals surface area contributed by atoms with Crippen molar-refractivity contribution in [3.63, 3.8) is 0 Å². The van der Waals surface area contributed by atoms with Gasteiger partial charge in [-0.3, -0.25) is 29.3 Å². The smallest absolute Gasteiger partial charge is 0.238 e. The number of amides is 4. The Hall–Kier alpha value is -4.33. The van der Waals surface area contributed by atoms with Gasteiger partial charge in [-0.15, -0.1) is 0 Å². The van der Waals surface area contributed by atoms with Crippen molar-refractivity contribution in [3.8, 4) is 0 Å². The molecule has 3 aromatic carbocycles. The van der Waals surface area contributed by atoms with Gasteiger partial charge in [-0.1, -0.05) is 79.7 Å². The van der Waals surface area contributed by atoms with Gasteiger partial charge in [0.05, 0.1) is 30.8 Å². The molecule has 200 valence electrons. The first-order valence-corrected chi connectivity index (χ1v) is 13.3. The number of nitrogens with one attached hydrogen (secondary N) is 3. The zero-order valence-electron chi connectivity index (χ0n) is 21.7. The fraction of sp³-hybridized carbons (Fsp3) is 0.323. The lowest BCUT2D eigenvalue weighted by Crippen LogP contribution is -2.49. The molecule has 5 rings (SSSR count). The van der Waals surface area contributed by atoms with Crippen molar-refractivity contribution in [2.45, 2.75) is 44.7 Å². The third-order valence-electron chi connectivity index (χ3n) is 7.80. The Morgan fingerprint density at radius 3 is 2.36 bits per heavy atom. The Labute approximate surface area is 226 Å². The molecule has 5 atom stereocenters. The molecule has 8 heteroatoms. The van der Waals surface area contributed by atoms with Crippen molar-refractivity contribution in [1.82, 2.24) is 16.0 Å². The number of carbonyl (C=O) groups excluding carboxylic acids is 5. The summed E-state index contributed by atoms with van der Waals surface area (Å²) in [6, 6.07) is 21.5. The van der Waals surface area contributed by atoms with Crippen LogP contribution in [-0.4, -0.2) is 35.5 Å². The molecule has 2 fully saturated rings. The number of carbonyl (C=O) groups is 5. The second kappa shape index (κ2) is 11.2. The Morgan fingerprint density at radius 1 is 0.872 bits per heavy atom. The van der Waals surface area contributed by atoms with Crippen LogP contribution in [0.1, 0.15) is 43.4 Å².